The lowest BCUT2D eigenvalue weighted by Crippen LogP contribution is -2.29. The summed E-state index contributed by atoms with van der Waals surface area (Å²) in [6.45, 7) is 2.73. The molecule has 1 aromatic rings. The molecule has 22 heavy (non-hydrogen) atoms. The monoisotopic (exact) mass is 308 g/mol. The van der Waals surface area contributed by atoms with E-state index in [4.69, 9.17) is 20.4 Å². The average Bonchev–Trinajstić information content (AvgIpc) is 2.33. The summed E-state index contributed by atoms with van der Waals surface area (Å²) >= 11 is 0. The van der Waals surface area contributed by atoms with Crippen molar-refractivity contribution < 1.29 is 39.6 Å². The highest BCUT2D eigenvalue weighted by atomic mass is 16.4. The lowest BCUT2D eigenvalue weighted by Gasteiger charge is -2.05. The van der Waals surface area contributed by atoms with Crippen molar-refractivity contribution in [1.29, 1.82) is 0 Å². The van der Waals surface area contributed by atoms with Gasteiger partial charge in [-0.1, -0.05) is 12.1 Å². The molecule has 1 rings (SSSR count). The Morgan fingerprint density at radius 1 is 0.636 bits per heavy atom. The number of hydrogen-bond donors (Lipinski definition) is 4. The maximum absolute atomic E-state index is 11.0. The van der Waals surface area contributed by atoms with E-state index in [-0.39, 0.29) is 21.6 Å². The highest BCUT2D eigenvalue weighted by Gasteiger charge is 2.21. The molecule has 4 N–H and O–H groups in total. The molecule has 0 heterocycles. The van der Waals surface area contributed by atoms with Gasteiger partial charge in [0.25, 0.3) is 0 Å². The highest BCUT2D eigenvalue weighted by Crippen LogP contribution is 2.01. The third kappa shape index (κ3) is 3.11. The Morgan fingerprint density at radius 3 is 1.05 bits per heavy atom. The minimum atomic E-state index is -1.65. The number of carbonyl (C=O) groups is 4. The van der Waals surface area contributed by atoms with Crippen molar-refractivity contribution in [3.8, 4) is 0 Å². The van der Waals surface area contributed by atoms with Crippen LogP contribution in [0.4, 0.5) is 0 Å². The van der Waals surface area contributed by atoms with Gasteiger partial charge in [-0.3, -0.25) is 0 Å². The van der Waals surface area contributed by atoms with Gasteiger partial charge in [-0.15, -0.1) is 0 Å². The number of hydrogen-bond acceptors (Lipinski definition) is 4. The van der Waals surface area contributed by atoms with Crippen molar-refractivity contribution in [2.75, 3.05) is 0 Å². The van der Waals surface area contributed by atoms with Gasteiger partial charge in [0.2, 0.25) is 0 Å². The van der Waals surface area contributed by atoms with Gasteiger partial charge in [0.1, 0.15) is 0 Å². The van der Waals surface area contributed by atoms with Crippen molar-refractivity contribution in [3.63, 3.8) is 0 Å². The summed E-state index contributed by atoms with van der Waals surface area (Å²) in [6, 6.07) is 2.29. The zero-order valence-corrected chi connectivity index (χ0v) is 11.6. The molecule has 0 fully saturated rings. The first kappa shape index (κ1) is 16.9. The van der Waals surface area contributed by atoms with Crippen LogP contribution in [0.25, 0.3) is 11.1 Å². The standard InChI is InChI=1S/C14H12O8/c1-5-3-8(10(13(19)20)14(21)22)6(2)4-7(5)9(11(15)16)12(17)18/h3-4H,1-2H3,(H,15,16)(H,17,18)(H,19,20)(H,21,22). The van der Waals surface area contributed by atoms with Crippen LogP contribution in [0.1, 0.15) is 11.1 Å². The molecule has 116 valence electrons. The summed E-state index contributed by atoms with van der Waals surface area (Å²) in [5.41, 5.74) is -1.47. The molecule has 0 bridgehead atoms. The molecule has 0 saturated carbocycles. The van der Waals surface area contributed by atoms with Crippen LogP contribution in [0.5, 0.6) is 0 Å². The number of aliphatic carboxylic acids is 4. The summed E-state index contributed by atoms with van der Waals surface area (Å²) in [7, 11) is 0. The minimum absolute atomic E-state index is 0.114. The summed E-state index contributed by atoms with van der Waals surface area (Å²) in [4.78, 5) is 44.1. The molecule has 0 amide bonds. The number of carboxylic acid groups (broad SMARTS) is 4. The van der Waals surface area contributed by atoms with Crippen molar-refractivity contribution in [3.05, 3.63) is 33.7 Å². The second kappa shape index (κ2) is 6.08. The van der Waals surface area contributed by atoms with Gasteiger partial charge in [-0.25, -0.2) is 19.2 Å². The van der Waals surface area contributed by atoms with Crippen LogP contribution in [0.15, 0.2) is 12.1 Å². The molecule has 8 heteroatoms. The first-order valence-corrected chi connectivity index (χ1v) is 5.87. The molecule has 0 spiro atoms. The van der Waals surface area contributed by atoms with E-state index in [9.17, 15) is 19.2 Å². The lowest BCUT2D eigenvalue weighted by molar-refractivity contribution is -0.138. The van der Waals surface area contributed by atoms with Crippen LogP contribution in [0.3, 0.4) is 0 Å². The van der Waals surface area contributed by atoms with Gasteiger partial charge in [0.05, 0.1) is 0 Å². The summed E-state index contributed by atoms with van der Waals surface area (Å²) in [6.07, 6.45) is 0. The normalized spacial score (nSPS) is 9.91. The fourth-order valence-corrected chi connectivity index (χ4v) is 2.00. The van der Waals surface area contributed by atoms with Crippen LogP contribution < -0.4 is 10.4 Å². The number of carboxylic acids is 4. The van der Waals surface area contributed by atoms with E-state index in [2.05, 4.69) is 0 Å². The predicted molar refractivity (Wildman–Crippen MR) is 72.5 cm³/mol. The quantitative estimate of drug-likeness (QED) is 0.514. The molecule has 0 aliphatic rings. The van der Waals surface area contributed by atoms with Gasteiger partial charge >= 0.3 is 23.9 Å². The molecular weight excluding hydrogens is 296 g/mol. The van der Waals surface area contributed by atoms with Crippen molar-refractivity contribution >= 4 is 35.0 Å². The summed E-state index contributed by atoms with van der Waals surface area (Å²) in [5, 5.41) is 35.6. The Labute approximate surface area is 123 Å². The highest BCUT2D eigenvalue weighted by molar-refractivity contribution is 6.36. The third-order valence-electron chi connectivity index (χ3n) is 2.97. The van der Waals surface area contributed by atoms with Gasteiger partial charge in [0.15, 0.2) is 11.1 Å². The van der Waals surface area contributed by atoms with Crippen molar-refractivity contribution in [2.24, 2.45) is 0 Å². The Morgan fingerprint density at radius 2 is 0.864 bits per heavy atom. The Bertz CT molecular complexity index is 714. The first-order valence-electron chi connectivity index (χ1n) is 5.87. The van der Waals surface area contributed by atoms with E-state index in [1.54, 1.807) is 0 Å². The molecule has 0 unspecified atom stereocenters. The minimum Gasteiger partial charge on any atom is -0.477 e. The molecule has 8 nitrogen and oxygen atoms in total. The number of benzene rings is 1. The van der Waals surface area contributed by atoms with Crippen LogP contribution in [-0.4, -0.2) is 44.3 Å². The Kier molecular flexibility index (Phi) is 4.67. The fourth-order valence-electron chi connectivity index (χ4n) is 2.00. The van der Waals surface area contributed by atoms with Crippen LogP contribution in [0.2, 0.25) is 0 Å². The number of rotatable bonds is 4. The second-order valence-electron chi connectivity index (χ2n) is 4.45. The van der Waals surface area contributed by atoms with E-state index < -0.39 is 35.0 Å². The molecule has 0 aromatic heterocycles. The van der Waals surface area contributed by atoms with Gasteiger partial charge in [-0.2, -0.15) is 0 Å². The maximum atomic E-state index is 11.0. The average molecular weight is 308 g/mol. The zero-order valence-electron chi connectivity index (χ0n) is 11.6. The zero-order chi connectivity index (χ0) is 17.2. The van der Waals surface area contributed by atoms with E-state index in [1.165, 1.54) is 13.8 Å². The topological polar surface area (TPSA) is 149 Å². The SMILES string of the molecule is Cc1cc(=C(C(=O)O)C(=O)O)c(C)cc1=C(C(=O)O)C(=O)O. The van der Waals surface area contributed by atoms with Gasteiger partial charge in [-0.05, 0) is 35.4 Å². The molecule has 0 saturated heterocycles. The van der Waals surface area contributed by atoms with Gasteiger partial charge < -0.3 is 20.4 Å². The van der Waals surface area contributed by atoms with Crippen LogP contribution in [0, 0.1) is 13.8 Å². The van der Waals surface area contributed by atoms with E-state index in [0.717, 1.165) is 12.1 Å². The molecule has 0 aliphatic heterocycles. The van der Waals surface area contributed by atoms with E-state index in [0.29, 0.717) is 0 Å². The van der Waals surface area contributed by atoms with Crippen LogP contribution in [-0.2, 0) is 19.2 Å². The maximum Gasteiger partial charge on any atom is 0.343 e. The fraction of sp³-hybridized carbons (Fsp3) is 0.143. The van der Waals surface area contributed by atoms with Crippen molar-refractivity contribution in [2.45, 2.75) is 13.8 Å². The largest absolute Gasteiger partial charge is 0.477 e. The van der Waals surface area contributed by atoms with E-state index in [1.807, 2.05) is 0 Å². The lowest BCUT2D eigenvalue weighted by atomic mass is 10.00. The smallest absolute Gasteiger partial charge is 0.343 e. The molecule has 0 radical (unpaired) electrons. The Balaban J connectivity index is 4.04. The molecule has 1 aromatic carbocycles. The van der Waals surface area contributed by atoms with E-state index >= 15 is 0 Å². The van der Waals surface area contributed by atoms with Gasteiger partial charge in [0, 0.05) is 0 Å². The van der Waals surface area contributed by atoms with Crippen LogP contribution >= 0.6 is 0 Å². The predicted octanol–water partition coefficient (Wildman–Crippen LogP) is -1.06. The summed E-state index contributed by atoms with van der Waals surface area (Å²) < 4.78 is 0. The molecular formula is C14H12O8. The third-order valence-corrected chi connectivity index (χ3v) is 2.97. The molecule has 0 aliphatic carbocycles. The van der Waals surface area contributed by atoms with Crippen molar-refractivity contribution in [1.82, 2.24) is 0 Å². The first-order chi connectivity index (χ1) is 10.1. The number of aryl methyl sites for hydroxylation is 2. The second-order valence-corrected chi connectivity index (χ2v) is 4.45. The Hall–Kier alpha value is -3.16. The summed E-state index contributed by atoms with van der Waals surface area (Å²) in [5.74, 6) is -6.60. The molecule has 0 atom stereocenters.